The Morgan fingerprint density at radius 3 is 2.39 bits per heavy atom. The van der Waals surface area contributed by atoms with Gasteiger partial charge in [0.05, 0.1) is 13.2 Å². The molecule has 23 heavy (non-hydrogen) atoms. The molecule has 1 saturated heterocycles. The van der Waals surface area contributed by atoms with E-state index in [-0.39, 0.29) is 26.0 Å². The monoisotopic (exact) mass is 338 g/mol. The standard InChI is InChI=1S/C15H25F3N2O3/c1-23-13(11-21)6-5-9-20(10-13)12(22)19-14(15(16,17)18)7-3-2-4-8-14/h21H,2-11H2,1H3,(H,19,22). The van der Waals surface area contributed by atoms with Gasteiger partial charge in [-0.3, -0.25) is 0 Å². The highest BCUT2D eigenvalue weighted by Gasteiger charge is 2.56. The Morgan fingerprint density at radius 2 is 1.87 bits per heavy atom. The highest BCUT2D eigenvalue weighted by atomic mass is 19.4. The van der Waals surface area contributed by atoms with Crippen LogP contribution in [0.25, 0.3) is 0 Å². The molecule has 0 aromatic rings. The SMILES string of the molecule is COC1(CO)CCCN(C(=O)NC2(C(F)(F)F)CCCCC2)C1. The summed E-state index contributed by atoms with van der Waals surface area (Å²) < 4.78 is 45.8. The molecule has 1 aliphatic heterocycles. The zero-order valence-electron chi connectivity index (χ0n) is 13.4. The average molecular weight is 338 g/mol. The Bertz CT molecular complexity index is 419. The summed E-state index contributed by atoms with van der Waals surface area (Å²) in [4.78, 5) is 13.7. The number of hydrogen-bond acceptors (Lipinski definition) is 3. The Balaban J connectivity index is 2.10. The summed E-state index contributed by atoms with van der Waals surface area (Å²) in [6.45, 7) is 0.197. The van der Waals surface area contributed by atoms with E-state index in [1.165, 1.54) is 12.0 Å². The number of amides is 2. The number of piperidine rings is 1. The van der Waals surface area contributed by atoms with Crippen molar-refractivity contribution in [3.8, 4) is 0 Å². The number of aliphatic hydroxyl groups is 1. The van der Waals surface area contributed by atoms with Crippen molar-refractivity contribution in [2.45, 2.75) is 62.3 Å². The van der Waals surface area contributed by atoms with E-state index in [1.54, 1.807) is 0 Å². The van der Waals surface area contributed by atoms with Gasteiger partial charge < -0.3 is 20.1 Å². The fourth-order valence-electron chi connectivity index (χ4n) is 3.55. The largest absolute Gasteiger partial charge is 0.411 e. The molecule has 1 aliphatic carbocycles. The zero-order chi connectivity index (χ0) is 17.1. The number of carbonyl (C=O) groups is 1. The van der Waals surface area contributed by atoms with Gasteiger partial charge in [0.15, 0.2) is 0 Å². The minimum atomic E-state index is -4.46. The van der Waals surface area contributed by atoms with Crippen molar-refractivity contribution in [1.82, 2.24) is 10.2 Å². The van der Waals surface area contributed by atoms with E-state index in [0.29, 0.717) is 32.2 Å². The number of hydrogen-bond donors (Lipinski definition) is 2. The molecule has 0 spiro atoms. The van der Waals surface area contributed by atoms with Crippen molar-refractivity contribution in [3.05, 3.63) is 0 Å². The molecule has 2 rings (SSSR count). The van der Waals surface area contributed by atoms with Crippen molar-refractivity contribution in [2.75, 3.05) is 26.8 Å². The van der Waals surface area contributed by atoms with E-state index in [1.807, 2.05) is 0 Å². The molecule has 2 aliphatic rings. The maximum atomic E-state index is 13.5. The van der Waals surface area contributed by atoms with Gasteiger partial charge in [-0.05, 0) is 25.7 Å². The maximum absolute atomic E-state index is 13.5. The van der Waals surface area contributed by atoms with Crippen LogP contribution in [0.5, 0.6) is 0 Å². The van der Waals surface area contributed by atoms with E-state index in [0.717, 1.165) is 6.42 Å². The summed E-state index contributed by atoms with van der Waals surface area (Å²) in [5.74, 6) is 0. The lowest BCUT2D eigenvalue weighted by atomic mass is 9.81. The van der Waals surface area contributed by atoms with Crippen molar-refractivity contribution >= 4 is 6.03 Å². The molecule has 1 heterocycles. The minimum absolute atomic E-state index is 0.0779. The molecule has 2 amide bonds. The van der Waals surface area contributed by atoms with E-state index in [2.05, 4.69) is 5.32 Å². The molecule has 8 heteroatoms. The summed E-state index contributed by atoms with van der Waals surface area (Å²) in [6, 6.07) is -0.723. The number of urea groups is 1. The highest BCUT2D eigenvalue weighted by molar-refractivity contribution is 5.75. The third-order valence-electron chi connectivity index (χ3n) is 5.14. The Morgan fingerprint density at radius 1 is 1.22 bits per heavy atom. The fraction of sp³-hybridized carbons (Fsp3) is 0.933. The molecular formula is C15H25F3N2O3. The van der Waals surface area contributed by atoms with Gasteiger partial charge in [0.2, 0.25) is 0 Å². The lowest BCUT2D eigenvalue weighted by Gasteiger charge is -2.44. The number of methoxy groups -OCH3 is 1. The topological polar surface area (TPSA) is 61.8 Å². The van der Waals surface area contributed by atoms with Crippen molar-refractivity contribution in [2.24, 2.45) is 0 Å². The number of nitrogens with one attached hydrogen (secondary N) is 1. The van der Waals surface area contributed by atoms with E-state index in [9.17, 15) is 23.1 Å². The number of carbonyl (C=O) groups excluding carboxylic acids is 1. The normalized spacial score (nSPS) is 28.5. The molecule has 0 radical (unpaired) electrons. The number of rotatable bonds is 3. The lowest BCUT2D eigenvalue weighted by molar-refractivity contribution is -0.202. The summed E-state index contributed by atoms with van der Waals surface area (Å²) in [5.41, 5.74) is -3.01. The van der Waals surface area contributed by atoms with Crippen molar-refractivity contribution in [3.63, 3.8) is 0 Å². The zero-order valence-corrected chi connectivity index (χ0v) is 13.4. The first-order valence-electron chi connectivity index (χ1n) is 8.07. The average Bonchev–Trinajstić information content (AvgIpc) is 2.54. The van der Waals surface area contributed by atoms with Gasteiger partial charge in [-0.2, -0.15) is 13.2 Å². The summed E-state index contributed by atoms with van der Waals surface area (Å²) in [5, 5.41) is 11.7. The van der Waals surface area contributed by atoms with Crippen molar-refractivity contribution in [1.29, 1.82) is 0 Å². The molecule has 1 atom stereocenters. The molecule has 5 nitrogen and oxygen atoms in total. The van der Waals surface area contributed by atoms with Gasteiger partial charge in [0, 0.05) is 13.7 Å². The second-order valence-corrected chi connectivity index (χ2v) is 6.64. The second kappa shape index (κ2) is 6.84. The Labute approximate surface area is 134 Å². The van der Waals surface area contributed by atoms with Crippen LogP contribution in [0.1, 0.15) is 44.9 Å². The van der Waals surface area contributed by atoms with Gasteiger partial charge in [0.1, 0.15) is 11.1 Å². The predicted octanol–water partition coefficient (Wildman–Crippen LogP) is 2.43. The van der Waals surface area contributed by atoms with Crippen LogP contribution in [0.2, 0.25) is 0 Å². The molecular weight excluding hydrogens is 313 g/mol. The number of ether oxygens (including phenoxy) is 1. The van der Waals surface area contributed by atoms with E-state index < -0.39 is 23.3 Å². The first kappa shape index (κ1) is 18.3. The van der Waals surface area contributed by atoms with Gasteiger partial charge in [0.25, 0.3) is 0 Å². The van der Waals surface area contributed by atoms with E-state index in [4.69, 9.17) is 4.74 Å². The molecule has 134 valence electrons. The number of alkyl halides is 3. The van der Waals surface area contributed by atoms with Crippen LogP contribution < -0.4 is 5.32 Å². The van der Waals surface area contributed by atoms with Gasteiger partial charge in [-0.25, -0.2) is 4.79 Å². The summed E-state index contributed by atoms with van der Waals surface area (Å²) in [6.07, 6.45) is -1.79. The van der Waals surface area contributed by atoms with Crippen LogP contribution in [0.4, 0.5) is 18.0 Å². The number of halogens is 3. The number of aliphatic hydroxyl groups excluding tert-OH is 1. The van der Waals surface area contributed by atoms with Crippen LogP contribution >= 0.6 is 0 Å². The number of nitrogens with zero attached hydrogens (tertiary/aromatic N) is 1. The quantitative estimate of drug-likeness (QED) is 0.831. The summed E-state index contributed by atoms with van der Waals surface area (Å²) in [7, 11) is 1.44. The number of likely N-dealkylation sites (tertiary alicyclic amines) is 1. The van der Waals surface area contributed by atoms with Crippen LogP contribution in [-0.2, 0) is 4.74 Å². The highest BCUT2D eigenvalue weighted by Crippen LogP contribution is 2.41. The molecule has 0 aromatic heterocycles. The molecule has 2 N–H and O–H groups in total. The summed E-state index contributed by atoms with van der Waals surface area (Å²) >= 11 is 0. The Kier molecular flexibility index (Phi) is 5.45. The van der Waals surface area contributed by atoms with E-state index >= 15 is 0 Å². The molecule has 1 saturated carbocycles. The Hall–Kier alpha value is -1.02. The third kappa shape index (κ3) is 3.74. The molecule has 0 aromatic carbocycles. The first-order valence-corrected chi connectivity index (χ1v) is 8.07. The lowest BCUT2D eigenvalue weighted by Crippen LogP contribution is -2.64. The van der Waals surface area contributed by atoms with Crippen LogP contribution in [0.3, 0.4) is 0 Å². The van der Waals surface area contributed by atoms with Crippen LogP contribution in [-0.4, -0.2) is 60.2 Å². The molecule has 0 bridgehead atoms. The van der Waals surface area contributed by atoms with Crippen molar-refractivity contribution < 1.29 is 27.8 Å². The first-order chi connectivity index (χ1) is 10.8. The molecule has 1 unspecified atom stereocenters. The second-order valence-electron chi connectivity index (χ2n) is 6.64. The third-order valence-corrected chi connectivity index (χ3v) is 5.14. The van der Waals surface area contributed by atoms with Crippen LogP contribution in [0, 0.1) is 0 Å². The minimum Gasteiger partial charge on any atom is -0.393 e. The fourth-order valence-corrected chi connectivity index (χ4v) is 3.55. The van der Waals surface area contributed by atoms with Crippen LogP contribution in [0.15, 0.2) is 0 Å². The smallest absolute Gasteiger partial charge is 0.393 e. The predicted molar refractivity (Wildman–Crippen MR) is 78.0 cm³/mol. The van der Waals surface area contributed by atoms with Gasteiger partial charge >= 0.3 is 12.2 Å². The van der Waals surface area contributed by atoms with Gasteiger partial charge in [-0.15, -0.1) is 0 Å². The maximum Gasteiger partial charge on any atom is 0.411 e. The molecule has 2 fully saturated rings. The van der Waals surface area contributed by atoms with Gasteiger partial charge in [-0.1, -0.05) is 19.3 Å².